The third kappa shape index (κ3) is 3.57. The van der Waals surface area contributed by atoms with Gasteiger partial charge in [0.25, 0.3) is 0 Å². The number of benzene rings is 1. The van der Waals surface area contributed by atoms with Gasteiger partial charge >= 0.3 is 5.97 Å². The predicted octanol–water partition coefficient (Wildman–Crippen LogP) is 4.19. The largest absolute Gasteiger partial charge is 0.460 e. The van der Waals surface area contributed by atoms with Crippen LogP contribution in [0.2, 0.25) is 0 Å². The molecule has 20 heavy (non-hydrogen) atoms. The van der Waals surface area contributed by atoms with Gasteiger partial charge in [-0.25, -0.2) is 0 Å². The van der Waals surface area contributed by atoms with E-state index in [1.54, 1.807) is 6.20 Å². The summed E-state index contributed by atoms with van der Waals surface area (Å²) in [7, 11) is 0. The van der Waals surface area contributed by atoms with E-state index in [1.165, 1.54) is 0 Å². The maximum Gasteiger partial charge on any atom is 0.310 e. The second-order valence-electron chi connectivity index (χ2n) is 5.83. The summed E-state index contributed by atoms with van der Waals surface area (Å²) >= 11 is 3.46. The standard InChI is InChI=1S/C16H18BrNO2/c1-10-11(7-15(19)20-16(2,3)4)9-18-14-6-5-12(17)8-13(10)14/h5-6,8-9H,7H2,1-4H3. The van der Waals surface area contributed by atoms with Crippen LogP contribution < -0.4 is 0 Å². The van der Waals surface area contributed by atoms with Crippen molar-refractivity contribution in [3.05, 3.63) is 40.0 Å². The topological polar surface area (TPSA) is 39.2 Å². The lowest BCUT2D eigenvalue weighted by Gasteiger charge is -2.19. The van der Waals surface area contributed by atoms with Crippen molar-refractivity contribution in [2.75, 3.05) is 0 Å². The number of ether oxygens (including phenoxy) is 1. The van der Waals surface area contributed by atoms with E-state index in [4.69, 9.17) is 4.74 Å². The van der Waals surface area contributed by atoms with Crippen molar-refractivity contribution in [3.63, 3.8) is 0 Å². The molecule has 0 saturated heterocycles. The van der Waals surface area contributed by atoms with E-state index in [1.807, 2.05) is 45.9 Å². The fourth-order valence-electron chi connectivity index (χ4n) is 2.05. The van der Waals surface area contributed by atoms with Crippen LogP contribution in [-0.2, 0) is 16.0 Å². The zero-order valence-electron chi connectivity index (χ0n) is 12.2. The highest BCUT2D eigenvalue weighted by Crippen LogP contribution is 2.24. The molecule has 2 rings (SSSR count). The number of carbonyl (C=O) groups excluding carboxylic acids is 1. The smallest absolute Gasteiger partial charge is 0.310 e. The number of pyridine rings is 1. The van der Waals surface area contributed by atoms with E-state index in [-0.39, 0.29) is 12.4 Å². The van der Waals surface area contributed by atoms with Crippen LogP contribution in [0.25, 0.3) is 10.9 Å². The zero-order valence-corrected chi connectivity index (χ0v) is 13.7. The second kappa shape index (κ2) is 5.52. The van der Waals surface area contributed by atoms with Crippen LogP contribution in [0.4, 0.5) is 0 Å². The van der Waals surface area contributed by atoms with Crippen LogP contribution >= 0.6 is 15.9 Å². The summed E-state index contributed by atoms with van der Waals surface area (Å²) in [6.07, 6.45) is 2.01. The Kier molecular flexibility index (Phi) is 4.14. The summed E-state index contributed by atoms with van der Waals surface area (Å²) in [5, 5.41) is 1.06. The number of hydrogen-bond donors (Lipinski definition) is 0. The molecule has 0 amide bonds. The van der Waals surface area contributed by atoms with Gasteiger partial charge in [-0.05, 0) is 57.0 Å². The number of aryl methyl sites for hydroxylation is 1. The minimum atomic E-state index is -0.460. The van der Waals surface area contributed by atoms with Gasteiger partial charge in [0.15, 0.2) is 0 Å². The highest BCUT2D eigenvalue weighted by molar-refractivity contribution is 9.10. The molecule has 0 bridgehead atoms. The van der Waals surface area contributed by atoms with E-state index in [0.717, 1.165) is 26.5 Å². The lowest BCUT2D eigenvalue weighted by atomic mass is 10.0. The molecule has 3 nitrogen and oxygen atoms in total. The number of hydrogen-bond acceptors (Lipinski definition) is 3. The number of fused-ring (bicyclic) bond motifs is 1. The number of nitrogens with zero attached hydrogens (tertiary/aromatic N) is 1. The number of esters is 1. The van der Waals surface area contributed by atoms with Crippen LogP contribution in [0.15, 0.2) is 28.9 Å². The molecule has 0 aliphatic rings. The molecule has 2 aromatic rings. The molecule has 0 saturated carbocycles. The minimum absolute atomic E-state index is 0.225. The molecule has 1 aromatic heterocycles. The molecule has 0 N–H and O–H groups in total. The molecule has 0 aliphatic carbocycles. The van der Waals surface area contributed by atoms with Gasteiger partial charge in [-0.3, -0.25) is 9.78 Å². The Morgan fingerprint density at radius 3 is 2.70 bits per heavy atom. The number of halogens is 1. The summed E-state index contributed by atoms with van der Waals surface area (Å²) in [5.74, 6) is -0.225. The Bertz CT molecular complexity index is 659. The van der Waals surface area contributed by atoms with Gasteiger partial charge in [-0.1, -0.05) is 15.9 Å². The maximum atomic E-state index is 11.9. The Balaban J connectivity index is 2.31. The van der Waals surface area contributed by atoms with Crippen molar-refractivity contribution in [2.45, 2.75) is 39.7 Å². The number of rotatable bonds is 2. The molecule has 0 aliphatic heterocycles. The first kappa shape index (κ1) is 15.0. The van der Waals surface area contributed by atoms with Crippen molar-refractivity contribution >= 4 is 32.8 Å². The van der Waals surface area contributed by atoms with Crippen LogP contribution in [-0.4, -0.2) is 16.6 Å². The molecule has 0 spiro atoms. The molecule has 0 fully saturated rings. The third-order valence-electron chi connectivity index (χ3n) is 2.96. The molecule has 0 radical (unpaired) electrons. The zero-order chi connectivity index (χ0) is 14.9. The van der Waals surface area contributed by atoms with E-state index in [9.17, 15) is 4.79 Å². The second-order valence-corrected chi connectivity index (χ2v) is 6.75. The summed E-state index contributed by atoms with van der Waals surface area (Å²) < 4.78 is 6.36. The molecular weight excluding hydrogens is 318 g/mol. The third-order valence-corrected chi connectivity index (χ3v) is 3.45. The highest BCUT2D eigenvalue weighted by atomic mass is 79.9. The molecule has 1 heterocycles. The van der Waals surface area contributed by atoms with Crippen LogP contribution in [0.1, 0.15) is 31.9 Å². The predicted molar refractivity (Wildman–Crippen MR) is 83.7 cm³/mol. The fourth-order valence-corrected chi connectivity index (χ4v) is 2.41. The van der Waals surface area contributed by atoms with Crippen molar-refractivity contribution in [2.24, 2.45) is 0 Å². The van der Waals surface area contributed by atoms with Crippen molar-refractivity contribution in [1.29, 1.82) is 0 Å². The molecule has 0 unspecified atom stereocenters. The van der Waals surface area contributed by atoms with Gasteiger partial charge in [0.2, 0.25) is 0 Å². The van der Waals surface area contributed by atoms with Crippen LogP contribution in [0, 0.1) is 6.92 Å². The number of aromatic nitrogens is 1. The van der Waals surface area contributed by atoms with Crippen molar-refractivity contribution in [1.82, 2.24) is 4.98 Å². The summed E-state index contributed by atoms with van der Waals surface area (Å²) in [6.45, 7) is 7.62. The van der Waals surface area contributed by atoms with Gasteiger partial charge in [0, 0.05) is 16.1 Å². The molecule has 1 aromatic carbocycles. The van der Waals surface area contributed by atoms with E-state index < -0.39 is 5.60 Å². The SMILES string of the molecule is Cc1c(CC(=O)OC(C)(C)C)cnc2ccc(Br)cc12. The van der Waals surface area contributed by atoms with Gasteiger partial charge < -0.3 is 4.74 Å². The molecule has 0 atom stereocenters. The van der Waals surface area contributed by atoms with Crippen molar-refractivity contribution in [3.8, 4) is 0 Å². The van der Waals surface area contributed by atoms with E-state index in [2.05, 4.69) is 20.9 Å². The first-order valence-electron chi connectivity index (χ1n) is 6.52. The van der Waals surface area contributed by atoms with Crippen LogP contribution in [0.5, 0.6) is 0 Å². The minimum Gasteiger partial charge on any atom is -0.460 e. The normalized spacial score (nSPS) is 11.7. The van der Waals surface area contributed by atoms with Gasteiger partial charge in [0.05, 0.1) is 11.9 Å². The monoisotopic (exact) mass is 335 g/mol. The fraction of sp³-hybridized carbons (Fsp3) is 0.375. The number of carbonyl (C=O) groups is 1. The molecule has 106 valence electrons. The first-order valence-corrected chi connectivity index (χ1v) is 7.31. The lowest BCUT2D eigenvalue weighted by Crippen LogP contribution is -2.25. The van der Waals surface area contributed by atoms with Gasteiger partial charge in [0.1, 0.15) is 5.60 Å². The Hall–Kier alpha value is -1.42. The van der Waals surface area contributed by atoms with Gasteiger partial charge in [-0.15, -0.1) is 0 Å². The summed E-state index contributed by atoms with van der Waals surface area (Å²) in [5.41, 5.74) is 2.45. The highest BCUT2D eigenvalue weighted by Gasteiger charge is 2.18. The Labute approximate surface area is 127 Å². The Morgan fingerprint density at radius 1 is 1.35 bits per heavy atom. The summed E-state index contributed by atoms with van der Waals surface area (Å²) in [6, 6.07) is 5.95. The average molecular weight is 336 g/mol. The lowest BCUT2D eigenvalue weighted by molar-refractivity contribution is -0.153. The molecular formula is C16H18BrNO2. The van der Waals surface area contributed by atoms with Gasteiger partial charge in [-0.2, -0.15) is 0 Å². The quantitative estimate of drug-likeness (QED) is 0.772. The average Bonchev–Trinajstić information content (AvgIpc) is 2.31. The van der Waals surface area contributed by atoms with Crippen molar-refractivity contribution < 1.29 is 9.53 Å². The first-order chi connectivity index (χ1) is 9.26. The Morgan fingerprint density at radius 2 is 2.05 bits per heavy atom. The van der Waals surface area contributed by atoms with E-state index in [0.29, 0.717) is 0 Å². The van der Waals surface area contributed by atoms with E-state index >= 15 is 0 Å². The van der Waals surface area contributed by atoms with Crippen LogP contribution in [0.3, 0.4) is 0 Å². The summed E-state index contributed by atoms with van der Waals surface area (Å²) in [4.78, 5) is 16.3. The molecule has 4 heteroatoms. The maximum absolute atomic E-state index is 11.9.